The summed E-state index contributed by atoms with van der Waals surface area (Å²) in [5.74, 6) is -1.04. The molecule has 19 heavy (non-hydrogen) atoms. The number of aromatic amines is 1. The number of nitrogens with zero attached hydrogens (tertiary/aromatic N) is 1. The van der Waals surface area contributed by atoms with Crippen molar-refractivity contribution in [3.63, 3.8) is 0 Å². The van der Waals surface area contributed by atoms with E-state index >= 15 is 0 Å². The first-order valence-corrected chi connectivity index (χ1v) is 6.29. The quantitative estimate of drug-likeness (QED) is 0.736. The zero-order valence-corrected chi connectivity index (χ0v) is 11.1. The molecular formula is C13H8BrF2N3. The first-order valence-electron chi connectivity index (χ1n) is 5.50. The highest BCUT2D eigenvalue weighted by molar-refractivity contribution is 9.10. The number of H-pyrrole nitrogens is 1. The number of imidazole rings is 1. The second-order valence-electron chi connectivity index (χ2n) is 3.97. The van der Waals surface area contributed by atoms with Crippen LogP contribution in [0.2, 0.25) is 0 Å². The van der Waals surface area contributed by atoms with Crippen LogP contribution in [0.5, 0.6) is 0 Å². The molecule has 0 saturated carbocycles. The summed E-state index contributed by atoms with van der Waals surface area (Å²) in [4.78, 5) is 7.16. The van der Waals surface area contributed by atoms with Crippen LogP contribution in [0.3, 0.4) is 0 Å². The molecule has 0 fully saturated rings. The number of halogens is 3. The second-order valence-corrected chi connectivity index (χ2v) is 4.88. The van der Waals surface area contributed by atoms with Gasteiger partial charge in [0.25, 0.3) is 0 Å². The molecule has 96 valence electrons. The number of hydrogen-bond acceptors (Lipinski definition) is 2. The standard InChI is InChI=1S/C13H8BrF2N3/c14-7-4-5-10-11(6-7)18-13(17-10)19-12-8(15)2-1-3-9(12)16/h1-6H,(H2,17,18,19). The van der Waals surface area contributed by atoms with E-state index in [-0.39, 0.29) is 11.6 Å². The number of benzene rings is 2. The molecule has 0 aliphatic carbocycles. The molecular weight excluding hydrogens is 316 g/mol. The lowest BCUT2D eigenvalue weighted by molar-refractivity contribution is 0.590. The smallest absolute Gasteiger partial charge is 0.205 e. The summed E-state index contributed by atoms with van der Waals surface area (Å²) in [6, 6.07) is 9.17. The number of aromatic nitrogens is 2. The number of fused-ring (bicyclic) bond motifs is 1. The van der Waals surface area contributed by atoms with Crippen molar-refractivity contribution in [1.29, 1.82) is 0 Å². The van der Waals surface area contributed by atoms with Gasteiger partial charge in [-0.2, -0.15) is 0 Å². The predicted molar refractivity (Wildman–Crippen MR) is 73.4 cm³/mol. The van der Waals surface area contributed by atoms with Crippen molar-refractivity contribution in [3.8, 4) is 0 Å². The Morgan fingerprint density at radius 2 is 1.84 bits per heavy atom. The topological polar surface area (TPSA) is 40.7 Å². The van der Waals surface area contributed by atoms with Crippen LogP contribution in [0.15, 0.2) is 40.9 Å². The Balaban J connectivity index is 2.01. The number of hydrogen-bond donors (Lipinski definition) is 2. The van der Waals surface area contributed by atoms with Crippen LogP contribution in [0.4, 0.5) is 20.4 Å². The average molecular weight is 324 g/mol. The Hall–Kier alpha value is -1.95. The van der Waals surface area contributed by atoms with Gasteiger partial charge in [-0.25, -0.2) is 13.8 Å². The van der Waals surface area contributed by atoms with E-state index in [1.54, 1.807) is 6.07 Å². The van der Waals surface area contributed by atoms with Crippen LogP contribution in [0.1, 0.15) is 0 Å². The minimum absolute atomic E-state index is 0.222. The lowest BCUT2D eigenvalue weighted by atomic mass is 10.3. The molecule has 0 spiro atoms. The Labute approximate surface area is 115 Å². The van der Waals surface area contributed by atoms with Gasteiger partial charge < -0.3 is 10.3 Å². The highest BCUT2D eigenvalue weighted by atomic mass is 79.9. The van der Waals surface area contributed by atoms with E-state index in [1.807, 2.05) is 12.1 Å². The first-order chi connectivity index (χ1) is 9.13. The van der Waals surface area contributed by atoms with Gasteiger partial charge in [0.15, 0.2) is 0 Å². The molecule has 6 heteroatoms. The van der Waals surface area contributed by atoms with Gasteiger partial charge in [0.05, 0.1) is 11.0 Å². The summed E-state index contributed by atoms with van der Waals surface area (Å²) >= 11 is 3.34. The van der Waals surface area contributed by atoms with Crippen LogP contribution in [0.25, 0.3) is 11.0 Å². The maximum Gasteiger partial charge on any atom is 0.205 e. The zero-order chi connectivity index (χ0) is 13.4. The normalized spacial score (nSPS) is 10.9. The molecule has 0 amide bonds. The van der Waals surface area contributed by atoms with E-state index in [2.05, 4.69) is 31.2 Å². The largest absolute Gasteiger partial charge is 0.324 e. The van der Waals surface area contributed by atoms with Crippen LogP contribution >= 0.6 is 15.9 Å². The maximum absolute atomic E-state index is 13.5. The van der Waals surface area contributed by atoms with Gasteiger partial charge in [-0.1, -0.05) is 22.0 Å². The molecule has 3 rings (SSSR count). The van der Waals surface area contributed by atoms with Gasteiger partial charge in [-0.15, -0.1) is 0 Å². The highest BCUT2D eigenvalue weighted by Gasteiger charge is 2.10. The predicted octanol–water partition coefficient (Wildman–Crippen LogP) is 4.35. The molecule has 0 unspecified atom stereocenters. The molecule has 0 aliphatic rings. The van der Waals surface area contributed by atoms with Crippen molar-refractivity contribution >= 4 is 38.6 Å². The molecule has 0 saturated heterocycles. The minimum atomic E-state index is -0.665. The number of para-hydroxylation sites is 1. The first kappa shape index (κ1) is 12.1. The van der Waals surface area contributed by atoms with Gasteiger partial charge in [0.2, 0.25) is 5.95 Å². The molecule has 3 aromatic rings. The fourth-order valence-electron chi connectivity index (χ4n) is 1.78. The third-order valence-corrected chi connectivity index (χ3v) is 3.14. The van der Waals surface area contributed by atoms with Gasteiger partial charge in [0, 0.05) is 4.47 Å². The van der Waals surface area contributed by atoms with Crippen LogP contribution in [-0.4, -0.2) is 9.97 Å². The zero-order valence-electron chi connectivity index (χ0n) is 9.55. The van der Waals surface area contributed by atoms with E-state index in [4.69, 9.17) is 0 Å². The minimum Gasteiger partial charge on any atom is -0.324 e. The Bertz CT molecular complexity index is 734. The van der Waals surface area contributed by atoms with E-state index in [9.17, 15) is 8.78 Å². The molecule has 3 nitrogen and oxygen atoms in total. The summed E-state index contributed by atoms with van der Waals surface area (Å²) in [6.45, 7) is 0. The molecule has 0 aliphatic heterocycles. The number of rotatable bonds is 2. The Morgan fingerprint density at radius 3 is 2.58 bits per heavy atom. The van der Waals surface area contributed by atoms with Gasteiger partial charge in [-0.3, -0.25) is 0 Å². The summed E-state index contributed by atoms with van der Waals surface area (Å²) < 4.78 is 27.9. The van der Waals surface area contributed by atoms with Crippen molar-refractivity contribution in [2.24, 2.45) is 0 Å². The molecule has 0 radical (unpaired) electrons. The fourth-order valence-corrected chi connectivity index (χ4v) is 2.14. The number of nitrogens with one attached hydrogen (secondary N) is 2. The van der Waals surface area contributed by atoms with Crippen LogP contribution in [-0.2, 0) is 0 Å². The SMILES string of the molecule is Fc1cccc(F)c1Nc1nc2ccc(Br)cc2[nH]1. The van der Waals surface area contributed by atoms with E-state index in [1.165, 1.54) is 18.2 Å². The van der Waals surface area contributed by atoms with Gasteiger partial charge in [0.1, 0.15) is 17.3 Å². The molecule has 0 bridgehead atoms. The third-order valence-electron chi connectivity index (χ3n) is 2.65. The van der Waals surface area contributed by atoms with Gasteiger partial charge in [-0.05, 0) is 30.3 Å². The lowest BCUT2D eigenvalue weighted by Crippen LogP contribution is -1.98. The van der Waals surface area contributed by atoms with Crippen molar-refractivity contribution in [2.45, 2.75) is 0 Å². The third kappa shape index (κ3) is 2.31. The van der Waals surface area contributed by atoms with Crippen LogP contribution in [0, 0.1) is 11.6 Å². The second kappa shape index (κ2) is 4.62. The summed E-state index contributed by atoms with van der Waals surface area (Å²) in [5, 5.41) is 2.62. The van der Waals surface area contributed by atoms with Crippen molar-refractivity contribution in [3.05, 3.63) is 52.5 Å². The fraction of sp³-hybridized carbons (Fsp3) is 0. The van der Waals surface area contributed by atoms with Crippen LogP contribution < -0.4 is 5.32 Å². The molecule has 0 atom stereocenters. The van der Waals surface area contributed by atoms with Crippen molar-refractivity contribution < 1.29 is 8.78 Å². The van der Waals surface area contributed by atoms with E-state index in [0.717, 1.165) is 9.99 Å². The molecule has 2 aromatic carbocycles. The van der Waals surface area contributed by atoms with Crippen molar-refractivity contribution in [1.82, 2.24) is 9.97 Å². The summed E-state index contributed by atoms with van der Waals surface area (Å²) in [6.07, 6.45) is 0. The molecule has 2 N–H and O–H groups in total. The van der Waals surface area contributed by atoms with E-state index in [0.29, 0.717) is 5.52 Å². The molecule has 1 aromatic heterocycles. The maximum atomic E-state index is 13.5. The lowest BCUT2D eigenvalue weighted by Gasteiger charge is -2.04. The Morgan fingerprint density at radius 1 is 1.11 bits per heavy atom. The van der Waals surface area contributed by atoms with Crippen molar-refractivity contribution in [2.75, 3.05) is 5.32 Å². The van der Waals surface area contributed by atoms with Gasteiger partial charge >= 0.3 is 0 Å². The Kier molecular flexibility index (Phi) is 2.94. The van der Waals surface area contributed by atoms with E-state index < -0.39 is 11.6 Å². The molecule has 1 heterocycles. The number of anilines is 2. The monoisotopic (exact) mass is 323 g/mol. The average Bonchev–Trinajstić information content (AvgIpc) is 2.75. The highest BCUT2D eigenvalue weighted by Crippen LogP contribution is 2.24. The summed E-state index contributed by atoms with van der Waals surface area (Å²) in [5.41, 5.74) is 1.26. The summed E-state index contributed by atoms with van der Waals surface area (Å²) in [7, 11) is 0.